The smallest absolute Gasteiger partial charge is 0.264 e. The molecule has 2 aromatic carbocycles. The minimum absolute atomic E-state index is 0.00103. The molecule has 0 aliphatic heterocycles. The normalized spacial score (nSPS) is 11.1. The number of fused-ring (bicyclic) bond motifs is 1. The number of benzene rings is 2. The Morgan fingerprint density at radius 3 is 2.50 bits per heavy atom. The van der Waals surface area contributed by atoms with E-state index in [2.05, 4.69) is 10.1 Å². The zero-order valence-corrected chi connectivity index (χ0v) is 21.4. The summed E-state index contributed by atoms with van der Waals surface area (Å²) in [5, 5.41) is 14.4. The summed E-state index contributed by atoms with van der Waals surface area (Å²) in [5.74, 6) is 0.776. The Kier molecular flexibility index (Phi) is 6.42. The van der Waals surface area contributed by atoms with Crippen molar-refractivity contribution < 1.29 is 19.2 Å². The fraction of sp³-hybridized carbons (Fsp3) is 0.172. The van der Waals surface area contributed by atoms with Gasteiger partial charge in [0.2, 0.25) is 0 Å². The van der Waals surface area contributed by atoms with E-state index in [0.29, 0.717) is 39.5 Å². The number of carbonyl (C=O) groups excluding carboxylic acids is 1. The van der Waals surface area contributed by atoms with E-state index < -0.39 is 11.5 Å². The summed E-state index contributed by atoms with van der Waals surface area (Å²) in [7, 11) is 3.15. The van der Waals surface area contributed by atoms with E-state index in [4.69, 9.17) is 9.26 Å². The SMILES string of the molecule is COc1cc2c(cc1-c1c(C)noc1C)cc(C(=O)N(C)c1ccc(O)cc1)c(=O)n2Cc1ccccn1. The lowest BCUT2D eigenvalue weighted by atomic mass is 9.99. The van der Waals surface area contributed by atoms with Gasteiger partial charge in [-0.3, -0.25) is 14.6 Å². The van der Waals surface area contributed by atoms with Gasteiger partial charge < -0.3 is 23.8 Å². The number of amides is 1. The van der Waals surface area contributed by atoms with Crippen LogP contribution in [0.3, 0.4) is 0 Å². The number of hydrogen-bond acceptors (Lipinski definition) is 7. The van der Waals surface area contributed by atoms with Gasteiger partial charge in [-0.2, -0.15) is 0 Å². The van der Waals surface area contributed by atoms with Crippen LogP contribution in [0.25, 0.3) is 22.0 Å². The summed E-state index contributed by atoms with van der Waals surface area (Å²) >= 11 is 0. The standard InChI is InChI=1S/C29H26N4O5/c1-17-27(18(2)38-31-17)23-13-19-14-24(28(35)32(3)21-8-10-22(34)11-9-21)29(36)33(25(19)15-26(23)37-4)16-20-7-5-6-12-30-20/h5-15,34H,16H2,1-4H3. The topological polar surface area (TPSA) is 111 Å². The minimum Gasteiger partial charge on any atom is -0.508 e. The molecular formula is C29H26N4O5. The fourth-order valence-corrected chi connectivity index (χ4v) is 4.58. The molecule has 1 amide bonds. The molecular weight excluding hydrogens is 484 g/mol. The average Bonchev–Trinajstić information content (AvgIpc) is 3.27. The summed E-state index contributed by atoms with van der Waals surface area (Å²) < 4.78 is 12.6. The number of ether oxygens (including phenoxy) is 1. The van der Waals surface area contributed by atoms with Crippen molar-refractivity contribution in [3.8, 4) is 22.6 Å². The van der Waals surface area contributed by atoms with Crippen molar-refractivity contribution in [2.75, 3.05) is 19.1 Å². The lowest BCUT2D eigenvalue weighted by Gasteiger charge is -2.20. The van der Waals surface area contributed by atoms with Gasteiger partial charge >= 0.3 is 0 Å². The van der Waals surface area contributed by atoms with E-state index in [9.17, 15) is 14.7 Å². The van der Waals surface area contributed by atoms with Crippen molar-refractivity contribution in [1.29, 1.82) is 0 Å². The number of anilines is 1. The zero-order chi connectivity index (χ0) is 27.0. The Bertz CT molecular complexity index is 1690. The van der Waals surface area contributed by atoms with Gasteiger partial charge in [0.15, 0.2) is 0 Å². The number of methoxy groups -OCH3 is 1. The second-order valence-corrected chi connectivity index (χ2v) is 8.96. The van der Waals surface area contributed by atoms with Gasteiger partial charge in [0.25, 0.3) is 11.5 Å². The second kappa shape index (κ2) is 9.85. The van der Waals surface area contributed by atoms with Crippen molar-refractivity contribution in [3.05, 3.63) is 99.9 Å². The van der Waals surface area contributed by atoms with Crippen molar-refractivity contribution in [2.45, 2.75) is 20.4 Å². The Hall–Kier alpha value is -4.92. The third-order valence-electron chi connectivity index (χ3n) is 6.54. The highest BCUT2D eigenvalue weighted by atomic mass is 16.5. The van der Waals surface area contributed by atoms with Crippen LogP contribution in [0.1, 0.15) is 27.5 Å². The predicted octanol–water partition coefficient (Wildman–Crippen LogP) is 4.71. The first-order chi connectivity index (χ1) is 18.3. The molecule has 192 valence electrons. The average molecular weight is 511 g/mol. The molecule has 0 saturated heterocycles. The van der Waals surface area contributed by atoms with E-state index in [1.54, 1.807) is 50.7 Å². The number of rotatable bonds is 6. The van der Waals surface area contributed by atoms with Crippen LogP contribution in [0.15, 0.2) is 76.2 Å². The summed E-state index contributed by atoms with van der Waals surface area (Å²) in [4.78, 5) is 33.2. The van der Waals surface area contributed by atoms with Gasteiger partial charge in [0.1, 0.15) is 22.8 Å². The Labute approximate surface area is 218 Å². The maximum absolute atomic E-state index is 13.8. The van der Waals surface area contributed by atoms with Crippen molar-refractivity contribution in [1.82, 2.24) is 14.7 Å². The maximum atomic E-state index is 13.8. The molecule has 0 fully saturated rings. The number of hydrogen-bond donors (Lipinski definition) is 1. The first kappa shape index (κ1) is 24.8. The summed E-state index contributed by atoms with van der Waals surface area (Å²) in [6.45, 7) is 3.83. The lowest BCUT2D eigenvalue weighted by molar-refractivity contribution is 0.0991. The second-order valence-electron chi connectivity index (χ2n) is 8.96. The fourth-order valence-electron chi connectivity index (χ4n) is 4.58. The van der Waals surface area contributed by atoms with Crippen LogP contribution < -0.4 is 15.2 Å². The molecule has 0 spiro atoms. The van der Waals surface area contributed by atoms with Gasteiger partial charge in [-0.1, -0.05) is 11.2 Å². The van der Waals surface area contributed by atoms with Gasteiger partial charge in [0.05, 0.1) is 36.1 Å². The molecule has 38 heavy (non-hydrogen) atoms. The molecule has 9 nitrogen and oxygen atoms in total. The van der Waals surface area contributed by atoms with Crippen molar-refractivity contribution in [3.63, 3.8) is 0 Å². The molecule has 3 heterocycles. The molecule has 5 aromatic rings. The molecule has 1 N–H and O–H groups in total. The molecule has 0 aliphatic carbocycles. The molecule has 9 heteroatoms. The zero-order valence-electron chi connectivity index (χ0n) is 21.4. The van der Waals surface area contributed by atoms with Crippen LogP contribution in [0.4, 0.5) is 5.69 Å². The number of carbonyl (C=O) groups is 1. The number of aromatic nitrogens is 3. The quantitative estimate of drug-likeness (QED) is 0.352. The number of phenols is 1. The predicted molar refractivity (Wildman–Crippen MR) is 144 cm³/mol. The molecule has 3 aromatic heterocycles. The van der Waals surface area contributed by atoms with Crippen LogP contribution in [0, 0.1) is 13.8 Å². The molecule has 0 bridgehead atoms. The largest absolute Gasteiger partial charge is 0.508 e. The number of aryl methyl sites for hydroxylation is 2. The van der Waals surface area contributed by atoms with Crippen molar-refractivity contribution in [2.24, 2.45) is 0 Å². The van der Waals surface area contributed by atoms with E-state index in [-0.39, 0.29) is 17.9 Å². The van der Waals surface area contributed by atoms with E-state index in [0.717, 1.165) is 11.1 Å². The number of pyridine rings is 2. The third-order valence-corrected chi connectivity index (χ3v) is 6.54. The van der Waals surface area contributed by atoms with E-state index in [1.165, 1.54) is 21.6 Å². The van der Waals surface area contributed by atoms with Crippen molar-refractivity contribution >= 4 is 22.5 Å². The van der Waals surface area contributed by atoms with E-state index >= 15 is 0 Å². The molecule has 5 rings (SSSR count). The third kappa shape index (κ3) is 4.39. The lowest BCUT2D eigenvalue weighted by Crippen LogP contribution is -2.35. The highest BCUT2D eigenvalue weighted by Gasteiger charge is 2.23. The molecule has 0 aliphatic rings. The number of nitrogens with zero attached hydrogens (tertiary/aromatic N) is 4. The molecule has 0 atom stereocenters. The molecule has 0 unspecified atom stereocenters. The van der Waals surface area contributed by atoms with Crippen LogP contribution in [0.2, 0.25) is 0 Å². The monoisotopic (exact) mass is 510 g/mol. The Balaban J connectivity index is 1.75. The number of aromatic hydroxyl groups is 1. The summed E-state index contributed by atoms with van der Waals surface area (Å²) in [6.07, 6.45) is 1.66. The highest BCUT2D eigenvalue weighted by molar-refractivity contribution is 6.07. The van der Waals surface area contributed by atoms with Crippen LogP contribution in [-0.2, 0) is 6.54 Å². The Morgan fingerprint density at radius 1 is 1.11 bits per heavy atom. The number of phenolic OH excluding ortho intramolecular Hbond substituents is 1. The van der Waals surface area contributed by atoms with Crippen LogP contribution >= 0.6 is 0 Å². The van der Waals surface area contributed by atoms with Gasteiger partial charge in [0, 0.05) is 35.9 Å². The van der Waals surface area contributed by atoms with E-state index in [1.807, 2.05) is 32.0 Å². The highest BCUT2D eigenvalue weighted by Crippen LogP contribution is 2.37. The van der Waals surface area contributed by atoms with Gasteiger partial charge in [-0.05, 0) is 62.4 Å². The molecule has 0 saturated carbocycles. The summed E-state index contributed by atoms with van der Waals surface area (Å²) in [5.41, 5.74) is 3.58. The maximum Gasteiger partial charge on any atom is 0.264 e. The Morgan fingerprint density at radius 2 is 1.87 bits per heavy atom. The summed E-state index contributed by atoms with van der Waals surface area (Å²) in [6, 6.07) is 16.9. The van der Waals surface area contributed by atoms with Crippen LogP contribution in [-0.4, -0.2) is 39.9 Å². The van der Waals surface area contributed by atoms with Gasteiger partial charge in [-0.25, -0.2) is 0 Å². The first-order valence-electron chi connectivity index (χ1n) is 11.9. The first-order valence-corrected chi connectivity index (χ1v) is 11.9. The molecule has 0 radical (unpaired) electrons. The van der Waals surface area contributed by atoms with Crippen LogP contribution in [0.5, 0.6) is 11.5 Å². The van der Waals surface area contributed by atoms with Gasteiger partial charge in [-0.15, -0.1) is 0 Å². The minimum atomic E-state index is -0.480.